The first-order valence-corrected chi connectivity index (χ1v) is 8.90. The van der Waals surface area contributed by atoms with Crippen molar-refractivity contribution in [2.75, 3.05) is 0 Å². The van der Waals surface area contributed by atoms with E-state index < -0.39 is 11.6 Å². The Hall–Kier alpha value is -0.390. The lowest BCUT2D eigenvalue weighted by Crippen LogP contribution is -2.58. The normalized spacial score (nSPS) is 54.4. The van der Waals surface area contributed by atoms with E-state index in [-0.39, 0.29) is 30.3 Å². The smallest absolute Gasteiger partial charge is 0.164 e. The van der Waals surface area contributed by atoms with Gasteiger partial charge < -0.3 is 18.9 Å². The average Bonchev–Trinajstić information content (AvgIpc) is 2.94. The van der Waals surface area contributed by atoms with Crippen LogP contribution in [0, 0.1) is 23.7 Å². The maximum atomic E-state index is 6.56. The molecule has 23 heavy (non-hydrogen) atoms. The first-order chi connectivity index (χ1) is 10.8. The third kappa shape index (κ3) is 1.99. The van der Waals surface area contributed by atoms with Gasteiger partial charge in [0.15, 0.2) is 11.6 Å². The summed E-state index contributed by atoms with van der Waals surface area (Å²) in [7, 11) is 0. The number of hydrogen-bond acceptors (Lipinski definition) is 4. The van der Waals surface area contributed by atoms with Crippen LogP contribution in [0.3, 0.4) is 0 Å². The quantitative estimate of drug-likeness (QED) is 0.636. The summed E-state index contributed by atoms with van der Waals surface area (Å²) in [5.41, 5.74) is 0. The van der Waals surface area contributed by atoms with E-state index in [0.29, 0.717) is 17.8 Å². The minimum Gasteiger partial charge on any atom is -0.344 e. The average molecular weight is 339 g/mol. The van der Waals surface area contributed by atoms with Crippen LogP contribution in [0.4, 0.5) is 0 Å². The van der Waals surface area contributed by atoms with Gasteiger partial charge in [-0.15, -0.1) is 0 Å². The van der Waals surface area contributed by atoms with Crippen LogP contribution in [0.2, 0.25) is 0 Å². The molecule has 5 heteroatoms. The molecule has 0 N–H and O–H groups in total. The van der Waals surface area contributed by atoms with Crippen molar-refractivity contribution in [2.45, 2.75) is 63.7 Å². The van der Waals surface area contributed by atoms with E-state index in [1.165, 1.54) is 0 Å². The van der Waals surface area contributed by atoms with Crippen molar-refractivity contribution < 1.29 is 18.9 Å². The van der Waals surface area contributed by atoms with Crippen LogP contribution in [0.25, 0.3) is 0 Å². The molecule has 2 heterocycles. The molecule has 4 nitrogen and oxygen atoms in total. The second kappa shape index (κ2) is 4.41. The summed E-state index contributed by atoms with van der Waals surface area (Å²) in [6.07, 6.45) is 6.81. The third-order valence-electron chi connectivity index (χ3n) is 5.94. The van der Waals surface area contributed by atoms with Gasteiger partial charge >= 0.3 is 0 Å². The van der Waals surface area contributed by atoms with Gasteiger partial charge in [0.25, 0.3) is 0 Å². The number of ether oxygens (including phenoxy) is 4. The molecule has 0 spiro atoms. The predicted molar refractivity (Wildman–Crippen MR) is 84.7 cm³/mol. The number of hydrogen-bond donors (Lipinski definition) is 0. The first kappa shape index (κ1) is 14.9. The Morgan fingerprint density at radius 2 is 1.35 bits per heavy atom. The molecular weight excluding hydrogens is 316 g/mol. The maximum Gasteiger partial charge on any atom is 0.164 e. The van der Waals surface area contributed by atoms with Gasteiger partial charge in [0.2, 0.25) is 0 Å². The third-order valence-corrected chi connectivity index (χ3v) is 6.28. The van der Waals surface area contributed by atoms with E-state index in [9.17, 15) is 0 Å². The number of allylic oxidation sites excluding steroid dienone is 1. The highest BCUT2D eigenvalue weighted by Gasteiger charge is 2.64. The van der Waals surface area contributed by atoms with Crippen LogP contribution in [0.15, 0.2) is 23.3 Å². The van der Waals surface area contributed by atoms with Gasteiger partial charge in [-0.05, 0) is 33.6 Å². The summed E-state index contributed by atoms with van der Waals surface area (Å²) < 4.78 is 24.8. The molecule has 6 rings (SSSR count). The minimum atomic E-state index is -0.593. The van der Waals surface area contributed by atoms with Gasteiger partial charge in [-0.3, -0.25) is 0 Å². The molecule has 2 aliphatic heterocycles. The zero-order valence-corrected chi connectivity index (χ0v) is 14.6. The Morgan fingerprint density at radius 3 is 2.09 bits per heavy atom. The summed E-state index contributed by atoms with van der Waals surface area (Å²) in [6, 6.07) is 0. The summed E-state index contributed by atoms with van der Waals surface area (Å²) in [6.45, 7) is 7.92. The molecule has 126 valence electrons. The second-order valence-electron chi connectivity index (χ2n) is 8.33. The number of fused-ring (bicyclic) bond motifs is 1. The van der Waals surface area contributed by atoms with Gasteiger partial charge in [-0.25, -0.2) is 0 Å². The topological polar surface area (TPSA) is 36.9 Å². The molecule has 4 aliphatic carbocycles. The van der Waals surface area contributed by atoms with Crippen LogP contribution in [-0.2, 0) is 18.9 Å². The van der Waals surface area contributed by atoms with Gasteiger partial charge in [0.05, 0.1) is 18.3 Å². The number of halogens is 1. The highest BCUT2D eigenvalue weighted by molar-refractivity contribution is 6.30. The lowest BCUT2D eigenvalue weighted by atomic mass is 9.56. The van der Waals surface area contributed by atoms with Crippen molar-refractivity contribution >= 4 is 11.6 Å². The van der Waals surface area contributed by atoms with Gasteiger partial charge in [-0.1, -0.05) is 29.8 Å². The minimum absolute atomic E-state index is 0.0155. The van der Waals surface area contributed by atoms with Gasteiger partial charge in [0, 0.05) is 22.8 Å². The van der Waals surface area contributed by atoms with Crippen LogP contribution >= 0.6 is 11.6 Å². The van der Waals surface area contributed by atoms with Crippen LogP contribution in [-0.4, -0.2) is 36.0 Å². The fourth-order valence-corrected chi connectivity index (χ4v) is 5.63. The van der Waals surface area contributed by atoms with Crippen LogP contribution in [0.1, 0.15) is 27.7 Å². The first-order valence-electron chi connectivity index (χ1n) is 8.53. The molecule has 0 amide bonds. The van der Waals surface area contributed by atoms with E-state index in [1.54, 1.807) is 0 Å². The predicted octanol–water partition coefficient (Wildman–Crippen LogP) is 3.21. The van der Waals surface area contributed by atoms with E-state index in [1.807, 2.05) is 27.7 Å². The van der Waals surface area contributed by atoms with Crippen molar-refractivity contribution in [1.82, 2.24) is 0 Å². The van der Waals surface area contributed by atoms with E-state index in [0.717, 1.165) is 5.03 Å². The molecule has 8 atom stereocenters. The summed E-state index contributed by atoms with van der Waals surface area (Å²) in [5, 5.41) is 0.775. The van der Waals surface area contributed by atoms with Gasteiger partial charge in [-0.2, -0.15) is 0 Å². The standard InChI is InChI=1S/C18H23ClO4/c1-17(2)20-13-8-5-6-9(14(13)21-17)12-10(8)7-11(19)15-16(12)23-18(3,4)22-15/h5-10,12-16H,1-4H3/t8-,9+,10+,12-,13-,14+,15-,16+/m1/s1. The maximum absolute atomic E-state index is 6.56. The zero-order chi connectivity index (χ0) is 16.1. The summed E-state index contributed by atoms with van der Waals surface area (Å²) in [5.74, 6) is 0.115. The SMILES string of the molecule is CC1(C)O[C@@H]2[C@@H]3C=C[C@H]([C@@H]2O1)[C@@H]1[C@H]3C=C(Cl)[C@H]2OC(C)(C)O[C@@H]12. The van der Waals surface area contributed by atoms with E-state index in [4.69, 9.17) is 30.5 Å². The molecule has 6 aliphatic rings. The zero-order valence-electron chi connectivity index (χ0n) is 13.9. The van der Waals surface area contributed by atoms with Crippen molar-refractivity contribution in [1.29, 1.82) is 0 Å². The van der Waals surface area contributed by atoms with Crippen molar-refractivity contribution in [3.8, 4) is 0 Å². The van der Waals surface area contributed by atoms with E-state index >= 15 is 0 Å². The number of rotatable bonds is 0. The molecule has 0 radical (unpaired) electrons. The van der Waals surface area contributed by atoms with Crippen molar-refractivity contribution in [2.24, 2.45) is 23.7 Å². The Bertz CT molecular complexity index is 610. The van der Waals surface area contributed by atoms with Crippen molar-refractivity contribution in [3.63, 3.8) is 0 Å². The largest absolute Gasteiger partial charge is 0.344 e. The fraction of sp³-hybridized carbons (Fsp3) is 0.778. The molecule has 1 saturated carbocycles. The lowest BCUT2D eigenvalue weighted by Gasteiger charge is -2.52. The molecule has 0 aromatic heterocycles. The Labute approximate surface area is 141 Å². The molecule has 2 bridgehead atoms. The lowest BCUT2D eigenvalue weighted by molar-refractivity contribution is -0.160. The van der Waals surface area contributed by atoms with Gasteiger partial charge in [0.1, 0.15) is 6.10 Å². The Kier molecular flexibility index (Phi) is 2.86. The monoisotopic (exact) mass is 338 g/mol. The Balaban J connectivity index is 1.57. The van der Waals surface area contributed by atoms with Crippen molar-refractivity contribution in [3.05, 3.63) is 23.3 Å². The molecule has 0 unspecified atom stereocenters. The molecule has 0 aromatic rings. The summed E-state index contributed by atoms with van der Waals surface area (Å²) in [4.78, 5) is 0. The molecular formula is C18H23ClO4. The second-order valence-corrected chi connectivity index (χ2v) is 8.77. The molecule has 2 saturated heterocycles. The highest BCUT2D eigenvalue weighted by atomic mass is 35.5. The van der Waals surface area contributed by atoms with E-state index in [2.05, 4.69) is 18.2 Å². The highest BCUT2D eigenvalue weighted by Crippen LogP contribution is 2.58. The summed E-state index contributed by atoms with van der Waals surface area (Å²) >= 11 is 6.56. The van der Waals surface area contributed by atoms with Crippen LogP contribution in [0.5, 0.6) is 0 Å². The fourth-order valence-electron chi connectivity index (χ4n) is 5.32. The van der Waals surface area contributed by atoms with Crippen LogP contribution < -0.4 is 0 Å². The molecule has 0 aromatic carbocycles. The molecule has 3 fully saturated rings. The Morgan fingerprint density at radius 1 is 0.783 bits per heavy atom.